The van der Waals surface area contributed by atoms with E-state index < -0.39 is 11.9 Å². The highest BCUT2D eigenvalue weighted by molar-refractivity contribution is 6.30. The Morgan fingerprint density at radius 3 is 2.38 bits per heavy atom. The van der Waals surface area contributed by atoms with Gasteiger partial charge in [-0.25, -0.2) is 9.78 Å². The van der Waals surface area contributed by atoms with Crippen LogP contribution in [0.25, 0.3) is 0 Å². The van der Waals surface area contributed by atoms with E-state index in [2.05, 4.69) is 10.3 Å². The van der Waals surface area contributed by atoms with Crippen LogP contribution in [0, 0.1) is 0 Å². The van der Waals surface area contributed by atoms with Gasteiger partial charge in [0.25, 0.3) is 0 Å². The average Bonchev–Trinajstić information content (AvgIpc) is 2.53. The molecule has 1 heterocycles. The lowest BCUT2D eigenvalue weighted by molar-refractivity contribution is -0.343. The molecule has 0 aliphatic carbocycles. The summed E-state index contributed by atoms with van der Waals surface area (Å²) in [7, 11) is 0. The van der Waals surface area contributed by atoms with Crippen molar-refractivity contribution >= 4 is 35.2 Å². The van der Waals surface area contributed by atoms with E-state index in [1.54, 1.807) is 0 Å². The number of anilines is 2. The van der Waals surface area contributed by atoms with Gasteiger partial charge in [-0.05, 0) is 29.8 Å². The third-order valence-electron chi connectivity index (χ3n) is 2.58. The normalized spacial score (nSPS) is 9.88. The molecule has 126 valence electrons. The van der Waals surface area contributed by atoms with Crippen LogP contribution in [-0.2, 0) is 16.1 Å². The van der Waals surface area contributed by atoms with Crippen LogP contribution in [0.2, 0.25) is 5.02 Å². The first-order chi connectivity index (χ1) is 11.4. The Balaban J connectivity index is 0.000000307. The van der Waals surface area contributed by atoms with E-state index in [9.17, 15) is 14.7 Å². The van der Waals surface area contributed by atoms with Crippen LogP contribution in [0.4, 0.5) is 11.6 Å². The smallest absolute Gasteiger partial charge is 0.328 e. The summed E-state index contributed by atoms with van der Waals surface area (Å²) in [6.45, 7) is 0.733. The highest BCUT2D eigenvalue weighted by Gasteiger charge is 1.99. The summed E-state index contributed by atoms with van der Waals surface area (Å²) in [5.41, 5.74) is 6.80. The van der Waals surface area contributed by atoms with E-state index in [0.29, 0.717) is 18.0 Å². The van der Waals surface area contributed by atoms with Crippen molar-refractivity contribution in [3.63, 3.8) is 0 Å². The maximum Gasteiger partial charge on any atom is 0.328 e. The zero-order chi connectivity index (χ0) is 17.9. The lowest BCUT2D eigenvalue weighted by atomic mass is 10.2. The first kappa shape index (κ1) is 19.0. The first-order valence-electron chi connectivity index (χ1n) is 6.75. The van der Waals surface area contributed by atoms with E-state index in [4.69, 9.17) is 22.4 Å². The number of carboxylic acid groups (broad SMARTS) is 2. The minimum Gasteiger partial charge on any atom is -0.545 e. The Morgan fingerprint density at radius 1 is 1.21 bits per heavy atom. The van der Waals surface area contributed by atoms with E-state index >= 15 is 0 Å². The van der Waals surface area contributed by atoms with Crippen LogP contribution in [0.5, 0.6) is 0 Å². The maximum absolute atomic E-state index is 9.53. The minimum absolute atomic E-state index is 0.447. The topological polar surface area (TPSA) is 130 Å². The van der Waals surface area contributed by atoms with Crippen molar-refractivity contribution in [2.24, 2.45) is 0 Å². The second-order valence-corrected chi connectivity index (χ2v) is 4.93. The van der Waals surface area contributed by atoms with Crippen molar-refractivity contribution < 1.29 is 24.8 Å². The molecular formula is C16H16ClN3O4. The third-order valence-corrected chi connectivity index (χ3v) is 2.83. The number of aromatic nitrogens is 1. The fraction of sp³-hybridized carbons (Fsp3) is 0.0625. The Hall–Kier alpha value is -3.06. The third kappa shape index (κ3) is 8.40. The fourth-order valence-electron chi connectivity index (χ4n) is 1.53. The molecular weight excluding hydrogens is 334 g/mol. The highest BCUT2D eigenvalue weighted by atomic mass is 35.5. The summed E-state index contributed by atoms with van der Waals surface area (Å²) in [5.74, 6) is -1.27. The molecule has 24 heavy (non-hydrogen) atoms. The summed E-state index contributed by atoms with van der Waals surface area (Å²) < 4.78 is 0. The van der Waals surface area contributed by atoms with Gasteiger partial charge in [0.2, 0.25) is 11.6 Å². The molecule has 2 aromatic rings. The molecule has 0 aliphatic rings. The standard InChI is InChI=1S/C12H12ClN3.C4H4O4/c13-10-6-4-9(5-7-10)8-15-12-3-1-2-11(14)16-12;5-3(6)1-2-4(7)8/h1-7H,8H2,(H3,14,15,16);1-2H,(H,5,6)(H,7,8)/b;2-1+. The van der Waals surface area contributed by atoms with Crippen LogP contribution >= 0.6 is 11.6 Å². The Kier molecular flexibility index (Phi) is 7.80. The van der Waals surface area contributed by atoms with Crippen LogP contribution < -0.4 is 21.1 Å². The van der Waals surface area contributed by atoms with Gasteiger partial charge < -0.3 is 26.1 Å². The van der Waals surface area contributed by atoms with Gasteiger partial charge in [-0.2, -0.15) is 0 Å². The van der Waals surface area contributed by atoms with Gasteiger partial charge in [-0.3, -0.25) is 0 Å². The number of aromatic amines is 1. The maximum atomic E-state index is 9.53. The highest BCUT2D eigenvalue weighted by Crippen LogP contribution is 2.10. The summed E-state index contributed by atoms with van der Waals surface area (Å²) in [5, 5.41) is 21.2. The van der Waals surface area contributed by atoms with Crippen molar-refractivity contribution in [1.82, 2.24) is 0 Å². The molecule has 0 unspecified atom stereocenters. The molecule has 0 spiro atoms. The Labute approximate surface area is 143 Å². The number of benzene rings is 1. The van der Waals surface area contributed by atoms with Crippen molar-refractivity contribution in [3.05, 3.63) is 65.2 Å². The lowest BCUT2D eigenvalue weighted by Crippen LogP contribution is -2.19. The number of rotatable bonds is 5. The van der Waals surface area contributed by atoms with Gasteiger partial charge in [0.1, 0.15) is 0 Å². The predicted molar refractivity (Wildman–Crippen MR) is 88.0 cm³/mol. The minimum atomic E-state index is -1.51. The van der Waals surface area contributed by atoms with E-state index in [-0.39, 0.29) is 0 Å². The van der Waals surface area contributed by atoms with Crippen molar-refractivity contribution in [3.8, 4) is 0 Å². The van der Waals surface area contributed by atoms with Gasteiger partial charge in [-0.1, -0.05) is 23.7 Å². The molecule has 0 radical (unpaired) electrons. The molecule has 1 aromatic carbocycles. The van der Waals surface area contributed by atoms with Gasteiger partial charge in [0.15, 0.2) is 0 Å². The van der Waals surface area contributed by atoms with Crippen molar-refractivity contribution in [2.75, 3.05) is 11.1 Å². The largest absolute Gasteiger partial charge is 0.545 e. The number of nitrogens with two attached hydrogens (primary N) is 1. The molecule has 1 aromatic heterocycles. The average molecular weight is 350 g/mol. The quantitative estimate of drug-likeness (QED) is 0.682. The van der Waals surface area contributed by atoms with Gasteiger partial charge >= 0.3 is 5.97 Å². The number of carbonyl (C=O) groups excluding carboxylic acids is 1. The zero-order valence-electron chi connectivity index (χ0n) is 12.5. The summed E-state index contributed by atoms with van der Waals surface area (Å²) in [4.78, 5) is 22.0. The van der Waals surface area contributed by atoms with Crippen molar-refractivity contribution in [2.45, 2.75) is 6.54 Å². The van der Waals surface area contributed by atoms with E-state index in [1.165, 1.54) is 5.56 Å². The Morgan fingerprint density at radius 2 is 1.88 bits per heavy atom. The SMILES string of the molecule is Nc1cccc(NCc2ccc(Cl)cc2)[nH+]1.O=C([O-])/C=C/C(=O)O. The van der Waals surface area contributed by atoms with Crippen LogP contribution in [0.15, 0.2) is 54.6 Å². The molecule has 5 N–H and O–H groups in total. The van der Waals surface area contributed by atoms with Gasteiger partial charge in [-0.15, -0.1) is 0 Å². The first-order valence-corrected chi connectivity index (χ1v) is 7.12. The molecule has 7 nitrogen and oxygen atoms in total. The van der Waals surface area contributed by atoms with Crippen LogP contribution in [0.3, 0.4) is 0 Å². The number of carboxylic acids is 2. The summed E-state index contributed by atoms with van der Waals surface area (Å²) >= 11 is 5.81. The number of carbonyl (C=O) groups is 2. The Bertz CT molecular complexity index is 702. The molecule has 0 atom stereocenters. The van der Waals surface area contributed by atoms with Crippen molar-refractivity contribution in [1.29, 1.82) is 0 Å². The summed E-state index contributed by atoms with van der Waals surface area (Å²) in [6.07, 6.45) is 0.942. The van der Waals surface area contributed by atoms with Crippen LogP contribution in [0.1, 0.15) is 5.56 Å². The molecule has 2 rings (SSSR count). The lowest BCUT2D eigenvalue weighted by Gasteiger charge is -2.02. The number of pyridine rings is 1. The fourth-order valence-corrected chi connectivity index (χ4v) is 1.65. The molecule has 0 aliphatic heterocycles. The number of halogens is 1. The van der Waals surface area contributed by atoms with E-state index in [1.807, 2.05) is 42.5 Å². The van der Waals surface area contributed by atoms with E-state index in [0.717, 1.165) is 17.4 Å². The second kappa shape index (κ2) is 9.86. The van der Waals surface area contributed by atoms with Gasteiger partial charge in [0.05, 0.1) is 12.5 Å². The molecule has 0 fully saturated rings. The van der Waals surface area contributed by atoms with Crippen LogP contribution in [-0.4, -0.2) is 17.0 Å². The molecule has 0 saturated carbocycles. The number of nitrogen functional groups attached to an aromatic ring is 1. The summed E-state index contributed by atoms with van der Waals surface area (Å²) in [6, 6.07) is 13.4. The molecule has 0 bridgehead atoms. The molecule has 8 heteroatoms. The number of hydrogen-bond donors (Lipinski definition) is 3. The monoisotopic (exact) mass is 349 g/mol. The number of H-pyrrole nitrogens is 1. The second-order valence-electron chi connectivity index (χ2n) is 4.49. The zero-order valence-corrected chi connectivity index (χ0v) is 13.3. The predicted octanol–water partition coefficient (Wildman–Crippen LogP) is 0.725. The molecule has 0 saturated heterocycles. The van der Waals surface area contributed by atoms with Gasteiger partial charge in [0, 0.05) is 23.2 Å². The molecule has 0 amide bonds. The number of nitrogens with one attached hydrogen (secondary N) is 2. The number of aliphatic carboxylic acids is 2. The number of hydrogen-bond acceptors (Lipinski definition) is 5.